The molecule has 0 bridgehead atoms. The monoisotopic (exact) mass is 398 g/mol. The molecule has 148 valence electrons. The molecule has 1 aliphatic heterocycles. The van der Waals surface area contributed by atoms with Gasteiger partial charge in [0.25, 0.3) is 5.91 Å². The highest BCUT2D eigenvalue weighted by molar-refractivity contribution is 7.99. The van der Waals surface area contributed by atoms with Gasteiger partial charge >= 0.3 is 0 Å². The Bertz CT molecular complexity index is 816. The van der Waals surface area contributed by atoms with Crippen molar-refractivity contribution in [3.63, 3.8) is 0 Å². The van der Waals surface area contributed by atoms with Gasteiger partial charge in [0.1, 0.15) is 18.4 Å². The molecule has 2 aromatic carbocycles. The molecule has 0 radical (unpaired) electrons. The Kier molecular flexibility index (Phi) is 6.29. The van der Waals surface area contributed by atoms with Crippen LogP contribution >= 0.6 is 11.8 Å². The minimum atomic E-state index is -0.439. The number of rotatable bonds is 5. The lowest BCUT2D eigenvalue weighted by molar-refractivity contribution is -0.125. The molecule has 1 fully saturated rings. The van der Waals surface area contributed by atoms with Crippen molar-refractivity contribution >= 4 is 23.6 Å². The molecule has 1 heterocycles. The van der Waals surface area contributed by atoms with Crippen LogP contribution in [0.4, 0.5) is 0 Å². The standard InChI is InChI=1S/C22H26N2O3S/c1-22(2,3)23-20(25)19-14-28-15-24(19)21(26)17-9-11-18(12-10-17)27-13-16-7-5-4-6-8-16/h4-12,19H,13-15H2,1-3H3,(H,23,25). The Morgan fingerprint density at radius 3 is 2.43 bits per heavy atom. The molecular formula is C22H26N2O3S. The van der Waals surface area contributed by atoms with Crippen LogP contribution in [0.5, 0.6) is 5.75 Å². The summed E-state index contributed by atoms with van der Waals surface area (Å²) < 4.78 is 5.77. The summed E-state index contributed by atoms with van der Waals surface area (Å²) >= 11 is 1.60. The maximum Gasteiger partial charge on any atom is 0.255 e. The van der Waals surface area contributed by atoms with Gasteiger partial charge < -0.3 is 15.0 Å². The molecule has 2 amide bonds. The van der Waals surface area contributed by atoms with Gasteiger partial charge in [0.15, 0.2) is 0 Å². The molecule has 1 aliphatic rings. The molecule has 1 unspecified atom stereocenters. The molecule has 3 rings (SSSR count). The maximum absolute atomic E-state index is 12.9. The lowest BCUT2D eigenvalue weighted by atomic mass is 10.1. The molecule has 6 heteroatoms. The van der Waals surface area contributed by atoms with E-state index in [0.717, 1.165) is 5.56 Å². The second-order valence-electron chi connectivity index (χ2n) is 7.83. The Balaban J connectivity index is 1.62. The second-order valence-corrected chi connectivity index (χ2v) is 8.83. The van der Waals surface area contributed by atoms with Gasteiger partial charge in [0.05, 0.1) is 5.88 Å². The molecule has 1 saturated heterocycles. The number of amides is 2. The highest BCUT2D eigenvalue weighted by atomic mass is 32.2. The van der Waals surface area contributed by atoms with Crippen LogP contribution in [0.2, 0.25) is 0 Å². The van der Waals surface area contributed by atoms with Gasteiger partial charge in [-0.15, -0.1) is 11.8 Å². The number of hydrogen-bond donors (Lipinski definition) is 1. The molecule has 28 heavy (non-hydrogen) atoms. The third kappa shape index (κ3) is 5.29. The van der Waals surface area contributed by atoms with Crippen LogP contribution in [0.25, 0.3) is 0 Å². The summed E-state index contributed by atoms with van der Waals surface area (Å²) in [6, 6.07) is 16.6. The third-order valence-electron chi connectivity index (χ3n) is 4.29. The van der Waals surface area contributed by atoms with Gasteiger partial charge in [0.2, 0.25) is 5.91 Å². The summed E-state index contributed by atoms with van der Waals surface area (Å²) in [6.45, 7) is 6.29. The highest BCUT2D eigenvalue weighted by Crippen LogP contribution is 2.25. The zero-order valence-corrected chi connectivity index (χ0v) is 17.3. The average molecular weight is 399 g/mol. The number of benzene rings is 2. The minimum Gasteiger partial charge on any atom is -0.489 e. The van der Waals surface area contributed by atoms with Crippen molar-refractivity contribution in [3.05, 3.63) is 65.7 Å². The fraction of sp³-hybridized carbons (Fsp3) is 0.364. The van der Waals surface area contributed by atoms with E-state index in [0.29, 0.717) is 29.5 Å². The predicted octanol–water partition coefficient (Wildman–Crippen LogP) is 3.70. The lowest BCUT2D eigenvalue weighted by Gasteiger charge is -2.27. The first-order chi connectivity index (χ1) is 13.3. The summed E-state index contributed by atoms with van der Waals surface area (Å²) in [5.41, 5.74) is 1.32. The summed E-state index contributed by atoms with van der Waals surface area (Å²) in [5.74, 6) is 1.61. The van der Waals surface area contributed by atoms with Crippen LogP contribution in [0, 0.1) is 0 Å². The van der Waals surface area contributed by atoms with Gasteiger partial charge in [-0.05, 0) is 50.6 Å². The quantitative estimate of drug-likeness (QED) is 0.834. The molecule has 0 aliphatic carbocycles. The van der Waals surface area contributed by atoms with Crippen molar-refractivity contribution in [3.8, 4) is 5.75 Å². The summed E-state index contributed by atoms with van der Waals surface area (Å²) in [6.07, 6.45) is 0. The second kappa shape index (κ2) is 8.69. The average Bonchev–Trinajstić information content (AvgIpc) is 3.16. The van der Waals surface area contributed by atoms with Crippen molar-refractivity contribution in [2.75, 3.05) is 11.6 Å². The molecule has 0 aromatic heterocycles. The normalized spacial score (nSPS) is 16.7. The highest BCUT2D eigenvalue weighted by Gasteiger charge is 2.36. The van der Waals surface area contributed by atoms with Crippen molar-refractivity contribution < 1.29 is 14.3 Å². The van der Waals surface area contributed by atoms with Crippen LogP contribution in [0.1, 0.15) is 36.7 Å². The summed E-state index contributed by atoms with van der Waals surface area (Å²) in [7, 11) is 0. The number of carbonyl (C=O) groups is 2. The van der Waals surface area contributed by atoms with Crippen LogP contribution in [-0.2, 0) is 11.4 Å². The molecule has 0 saturated carbocycles. The SMILES string of the molecule is CC(C)(C)NC(=O)C1CSCN1C(=O)c1ccc(OCc2ccccc2)cc1. The third-order valence-corrected chi connectivity index (χ3v) is 5.31. The van der Waals surface area contributed by atoms with E-state index in [2.05, 4.69) is 5.32 Å². The maximum atomic E-state index is 12.9. The molecular weight excluding hydrogens is 372 g/mol. The van der Waals surface area contributed by atoms with Crippen molar-refractivity contribution in [1.82, 2.24) is 10.2 Å². The first-order valence-corrected chi connectivity index (χ1v) is 10.5. The topological polar surface area (TPSA) is 58.6 Å². The Hall–Kier alpha value is -2.47. The van der Waals surface area contributed by atoms with Crippen LogP contribution in [0.15, 0.2) is 54.6 Å². The van der Waals surface area contributed by atoms with Gasteiger partial charge in [-0.2, -0.15) is 0 Å². The van der Waals surface area contributed by atoms with E-state index in [1.54, 1.807) is 40.9 Å². The number of ether oxygens (including phenoxy) is 1. The molecule has 2 aromatic rings. The van der Waals surface area contributed by atoms with Gasteiger partial charge in [-0.25, -0.2) is 0 Å². The number of carbonyl (C=O) groups excluding carboxylic acids is 2. The van der Waals surface area contributed by atoms with Crippen LogP contribution in [-0.4, -0.2) is 39.9 Å². The van der Waals surface area contributed by atoms with Crippen LogP contribution < -0.4 is 10.1 Å². The number of thioether (sulfide) groups is 1. The minimum absolute atomic E-state index is 0.103. The van der Waals surface area contributed by atoms with Crippen molar-refractivity contribution in [1.29, 1.82) is 0 Å². The van der Waals surface area contributed by atoms with Gasteiger partial charge in [-0.1, -0.05) is 30.3 Å². The molecule has 0 spiro atoms. The van der Waals surface area contributed by atoms with E-state index in [-0.39, 0.29) is 17.4 Å². The fourth-order valence-electron chi connectivity index (χ4n) is 2.91. The zero-order valence-electron chi connectivity index (χ0n) is 16.5. The molecule has 1 N–H and O–H groups in total. The summed E-state index contributed by atoms with van der Waals surface area (Å²) in [4.78, 5) is 27.1. The number of nitrogens with zero attached hydrogens (tertiary/aromatic N) is 1. The first-order valence-electron chi connectivity index (χ1n) is 9.31. The van der Waals surface area contributed by atoms with E-state index in [1.165, 1.54) is 0 Å². The number of nitrogens with one attached hydrogen (secondary N) is 1. The van der Waals surface area contributed by atoms with Crippen LogP contribution in [0.3, 0.4) is 0 Å². The van der Waals surface area contributed by atoms with E-state index in [9.17, 15) is 9.59 Å². The Morgan fingerprint density at radius 2 is 1.79 bits per heavy atom. The largest absolute Gasteiger partial charge is 0.489 e. The van der Waals surface area contributed by atoms with E-state index < -0.39 is 6.04 Å². The Labute approximate surface area is 170 Å². The molecule has 5 nitrogen and oxygen atoms in total. The van der Waals surface area contributed by atoms with Gasteiger partial charge in [-0.3, -0.25) is 9.59 Å². The Morgan fingerprint density at radius 1 is 1.11 bits per heavy atom. The van der Waals surface area contributed by atoms with Crippen molar-refractivity contribution in [2.24, 2.45) is 0 Å². The first kappa shape index (κ1) is 20.3. The molecule has 1 atom stereocenters. The van der Waals surface area contributed by atoms with Gasteiger partial charge in [0, 0.05) is 16.9 Å². The smallest absolute Gasteiger partial charge is 0.255 e. The predicted molar refractivity (Wildman–Crippen MR) is 112 cm³/mol. The lowest BCUT2D eigenvalue weighted by Crippen LogP contribution is -2.52. The van der Waals surface area contributed by atoms with Crippen molar-refractivity contribution in [2.45, 2.75) is 39.0 Å². The van der Waals surface area contributed by atoms with E-state index in [4.69, 9.17) is 4.74 Å². The number of hydrogen-bond acceptors (Lipinski definition) is 4. The fourth-order valence-corrected chi connectivity index (χ4v) is 4.07. The summed E-state index contributed by atoms with van der Waals surface area (Å²) in [5, 5.41) is 2.97. The van der Waals surface area contributed by atoms with E-state index >= 15 is 0 Å². The van der Waals surface area contributed by atoms with E-state index in [1.807, 2.05) is 51.1 Å². The zero-order chi connectivity index (χ0) is 20.1.